The lowest BCUT2D eigenvalue weighted by molar-refractivity contribution is 0.314. The summed E-state index contributed by atoms with van der Waals surface area (Å²) in [6.45, 7) is 4.97. The van der Waals surface area contributed by atoms with E-state index in [2.05, 4.69) is 32.6 Å². The fourth-order valence-electron chi connectivity index (χ4n) is 4.00. The van der Waals surface area contributed by atoms with E-state index in [4.69, 9.17) is 14.2 Å². The first kappa shape index (κ1) is 24.0. The number of methoxy groups -OCH3 is 1. The van der Waals surface area contributed by atoms with E-state index in [0.29, 0.717) is 19.0 Å². The Morgan fingerprint density at radius 2 is 1.71 bits per heavy atom. The summed E-state index contributed by atoms with van der Waals surface area (Å²) < 4.78 is 17.5. The van der Waals surface area contributed by atoms with Crippen LogP contribution in [0.15, 0.2) is 71.2 Å². The van der Waals surface area contributed by atoms with Crippen LogP contribution in [-0.2, 0) is 0 Å². The van der Waals surface area contributed by atoms with Crippen molar-refractivity contribution in [3.05, 3.63) is 87.9 Å². The maximum Gasteiger partial charge on any atom is 0.162 e. The van der Waals surface area contributed by atoms with Gasteiger partial charge in [0.2, 0.25) is 0 Å². The van der Waals surface area contributed by atoms with Gasteiger partial charge < -0.3 is 24.6 Å². The van der Waals surface area contributed by atoms with Crippen molar-refractivity contribution in [3.63, 3.8) is 0 Å². The minimum Gasteiger partial charge on any atom is -0.504 e. The van der Waals surface area contributed by atoms with Gasteiger partial charge in [-0.25, -0.2) is 0 Å². The van der Waals surface area contributed by atoms with E-state index in [0.717, 1.165) is 38.4 Å². The first-order valence-electron chi connectivity index (χ1n) is 11.3. The molecule has 178 valence electrons. The van der Waals surface area contributed by atoms with Crippen LogP contribution in [0.1, 0.15) is 42.7 Å². The third-order valence-corrected chi connectivity index (χ3v) is 6.25. The van der Waals surface area contributed by atoms with Crippen molar-refractivity contribution in [1.29, 1.82) is 0 Å². The fraction of sp³-hybridized carbons (Fsp3) is 0.259. The third-order valence-electron chi connectivity index (χ3n) is 5.63. The molecule has 0 bridgehead atoms. The minimum absolute atomic E-state index is 0.140. The summed E-state index contributed by atoms with van der Waals surface area (Å²) in [5.41, 5.74) is 3.74. The van der Waals surface area contributed by atoms with Crippen LogP contribution < -0.4 is 24.8 Å². The second-order valence-electron chi connectivity index (χ2n) is 7.78. The number of benzene rings is 3. The molecule has 0 aromatic heterocycles. The van der Waals surface area contributed by atoms with E-state index >= 15 is 0 Å². The Balaban J connectivity index is 1.74. The summed E-state index contributed by atoms with van der Waals surface area (Å²) in [5, 5.41) is 18.1. The highest BCUT2D eigenvalue weighted by Gasteiger charge is 2.27. The van der Waals surface area contributed by atoms with E-state index in [-0.39, 0.29) is 18.0 Å². The highest BCUT2D eigenvalue weighted by atomic mass is 79.9. The molecule has 0 radical (unpaired) electrons. The Morgan fingerprint density at radius 1 is 0.941 bits per heavy atom. The number of rotatable bonds is 8. The number of aromatic hydroxyl groups is 1. The molecule has 0 saturated heterocycles. The zero-order valence-electron chi connectivity index (χ0n) is 19.5. The van der Waals surface area contributed by atoms with Crippen LogP contribution >= 0.6 is 15.9 Å². The Morgan fingerprint density at radius 3 is 2.38 bits per heavy atom. The van der Waals surface area contributed by atoms with Crippen LogP contribution in [0.2, 0.25) is 0 Å². The standard InChI is InChI=1S/C27H29BrN2O4/c1-4-33-19-12-9-17(10-13-19)22-16-23(20-7-6-8-25(26(20)31)34-5-2)30-27(29-22)18-11-14-24(32-3)21(28)15-18/h6-16,23,27,29-31H,4-5H2,1-3H3. The molecular formula is C27H29BrN2O4. The van der Waals surface area contributed by atoms with Crippen LogP contribution in [-0.4, -0.2) is 25.4 Å². The number of halogens is 1. The number of para-hydroxylation sites is 1. The maximum atomic E-state index is 10.9. The number of hydrogen-bond acceptors (Lipinski definition) is 6. The van der Waals surface area contributed by atoms with E-state index in [9.17, 15) is 5.11 Å². The maximum absolute atomic E-state index is 10.9. The zero-order chi connectivity index (χ0) is 24.1. The molecule has 3 N–H and O–H groups in total. The van der Waals surface area contributed by atoms with E-state index in [1.807, 2.05) is 68.4 Å². The molecule has 6 nitrogen and oxygen atoms in total. The minimum atomic E-state index is -0.255. The normalized spacial score (nSPS) is 17.5. The molecule has 34 heavy (non-hydrogen) atoms. The van der Waals surface area contributed by atoms with Gasteiger partial charge in [-0.1, -0.05) is 18.2 Å². The van der Waals surface area contributed by atoms with E-state index < -0.39 is 0 Å². The second-order valence-corrected chi connectivity index (χ2v) is 8.63. The summed E-state index contributed by atoms with van der Waals surface area (Å²) in [6, 6.07) is 19.3. The summed E-state index contributed by atoms with van der Waals surface area (Å²) in [4.78, 5) is 0. The van der Waals surface area contributed by atoms with Crippen molar-refractivity contribution in [2.45, 2.75) is 26.1 Å². The molecule has 3 aromatic rings. The van der Waals surface area contributed by atoms with Crippen molar-refractivity contribution in [1.82, 2.24) is 10.6 Å². The van der Waals surface area contributed by atoms with Crippen molar-refractivity contribution in [2.24, 2.45) is 0 Å². The zero-order valence-corrected chi connectivity index (χ0v) is 21.1. The van der Waals surface area contributed by atoms with Gasteiger partial charge in [-0.15, -0.1) is 0 Å². The number of nitrogens with one attached hydrogen (secondary N) is 2. The van der Waals surface area contributed by atoms with Gasteiger partial charge in [0.05, 0.1) is 30.8 Å². The number of hydrogen-bond donors (Lipinski definition) is 3. The molecule has 0 amide bonds. The lowest BCUT2D eigenvalue weighted by Crippen LogP contribution is -2.39. The monoisotopic (exact) mass is 524 g/mol. The first-order valence-corrected chi connectivity index (χ1v) is 12.1. The van der Waals surface area contributed by atoms with Gasteiger partial charge in [0.15, 0.2) is 11.5 Å². The highest BCUT2D eigenvalue weighted by Crippen LogP contribution is 2.39. The molecule has 0 aliphatic carbocycles. The number of phenolic OH excluding ortho intramolecular Hbond substituents is 1. The SMILES string of the molecule is CCOc1ccc(C2=CC(c3cccc(OCC)c3O)NC(c3ccc(OC)c(Br)c3)N2)cc1. The summed E-state index contributed by atoms with van der Waals surface area (Å²) in [7, 11) is 1.65. The van der Waals surface area contributed by atoms with Gasteiger partial charge in [0.25, 0.3) is 0 Å². The van der Waals surface area contributed by atoms with Crippen LogP contribution in [0, 0.1) is 0 Å². The molecule has 1 aliphatic heterocycles. The van der Waals surface area contributed by atoms with Gasteiger partial charge in [0.1, 0.15) is 17.7 Å². The van der Waals surface area contributed by atoms with Gasteiger partial charge in [-0.2, -0.15) is 0 Å². The Kier molecular flexibility index (Phi) is 7.65. The highest BCUT2D eigenvalue weighted by molar-refractivity contribution is 9.10. The molecule has 0 spiro atoms. The summed E-state index contributed by atoms with van der Waals surface area (Å²) in [5.74, 6) is 2.20. The average molecular weight is 525 g/mol. The number of phenols is 1. The molecule has 3 aromatic carbocycles. The predicted octanol–water partition coefficient (Wildman–Crippen LogP) is 5.93. The van der Waals surface area contributed by atoms with Crippen LogP contribution in [0.25, 0.3) is 5.70 Å². The number of ether oxygens (including phenoxy) is 3. The van der Waals surface area contributed by atoms with Crippen LogP contribution in [0.5, 0.6) is 23.0 Å². The quantitative estimate of drug-likeness (QED) is 0.339. The largest absolute Gasteiger partial charge is 0.504 e. The lowest BCUT2D eigenvalue weighted by atomic mass is 9.97. The molecule has 2 unspecified atom stereocenters. The van der Waals surface area contributed by atoms with Crippen molar-refractivity contribution >= 4 is 21.6 Å². The van der Waals surface area contributed by atoms with Crippen LogP contribution in [0.4, 0.5) is 0 Å². The lowest BCUT2D eigenvalue weighted by Gasteiger charge is -2.33. The summed E-state index contributed by atoms with van der Waals surface area (Å²) in [6.07, 6.45) is 1.86. The van der Waals surface area contributed by atoms with Crippen molar-refractivity contribution in [2.75, 3.05) is 20.3 Å². The molecule has 4 rings (SSSR count). The molecule has 1 heterocycles. The van der Waals surface area contributed by atoms with Crippen molar-refractivity contribution < 1.29 is 19.3 Å². The Hall–Kier alpha value is -3.16. The van der Waals surface area contributed by atoms with Gasteiger partial charge in [-0.05, 0) is 89.4 Å². The molecule has 0 fully saturated rings. The van der Waals surface area contributed by atoms with Crippen molar-refractivity contribution in [3.8, 4) is 23.0 Å². The van der Waals surface area contributed by atoms with E-state index in [1.54, 1.807) is 13.2 Å². The molecular weight excluding hydrogens is 496 g/mol. The molecule has 1 aliphatic rings. The smallest absolute Gasteiger partial charge is 0.162 e. The van der Waals surface area contributed by atoms with Gasteiger partial charge in [-0.3, -0.25) is 5.32 Å². The van der Waals surface area contributed by atoms with E-state index in [1.165, 1.54) is 0 Å². The Labute approximate surface area is 208 Å². The third kappa shape index (κ3) is 5.16. The van der Waals surface area contributed by atoms with Gasteiger partial charge >= 0.3 is 0 Å². The molecule has 0 saturated carbocycles. The van der Waals surface area contributed by atoms with Crippen LogP contribution in [0.3, 0.4) is 0 Å². The topological polar surface area (TPSA) is 72.0 Å². The predicted molar refractivity (Wildman–Crippen MR) is 137 cm³/mol. The Bertz CT molecular complexity index is 1160. The molecule has 7 heteroatoms. The van der Waals surface area contributed by atoms with Gasteiger partial charge in [0, 0.05) is 11.3 Å². The fourth-order valence-corrected chi connectivity index (χ4v) is 4.56. The average Bonchev–Trinajstić information content (AvgIpc) is 2.86. The first-order chi connectivity index (χ1) is 16.5. The summed E-state index contributed by atoms with van der Waals surface area (Å²) >= 11 is 3.59. The second kappa shape index (κ2) is 10.8. The molecule has 2 atom stereocenters.